The van der Waals surface area contributed by atoms with Crippen LogP contribution in [0.15, 0.2) is 29.2 Å². The first-order chi connectivity index (χ1) is 9.90. The summed E-state index contributed by atoms with van der Waals surface area (Å²) in [7, 11) is -0.223. The Kier molecular flexibility index (Phi) is 4.97. The van der Waals surface area contributed by atoms with E-state index in [4.69, 9.17) is 0 Å². The molecule has 1 aliphatic heterocycles. The Morgan fingerprint density at radius 3 is 2.48 bits per heavy atom. The van der Waals surface area contributed by atoms with E-state index in [1.807, 2.05) is 0 Å². The van der Waals surface area contributed by atoms with E-state index < -0.39 is 10.0 Å². The highest BCUT2D eigenvalue weighted by atomic mass is 32.2. The number of hydrogen-bond donors (Lipinski definition) is 2. The average Bonchev–Trinajstić information content (AvgIpc) is 2.47. The van der Waals surface area contributed by atoms with Crippen LogP contribution in [0.3, 0.4) is 0 Å². The van der Waals surface area contributed by atoms with E-state index in [1.54, 1.807) is 14.1 Å². The van der Waals surface area contributed by atoms with Crippen LogP contribution in [0.1, 0.15) is 23.2 Å². The van der Waals surface area contributed by atoms with Crippen molar-refractivity contribution in [3.05, 3.63) is 29.8 Å². The molecule has 0 aromatic heterocycles. The fourth-order valence-corrected chi connectivity index (χ4v) is 3.55. The number of nitrogens with one attached hydrogen (secondary N) is 2. The first kappa shape index (κ1) is 15.9. The number of piperidine rings is 1. The molecule has 2 rings (SSSR count). The van der Waals surface area contributed by atoms with Gasteiger partial charge in [-0.25, -0.2) is 13.1 Å². The van der Waals surface area contributed by atoms with Crippen molar-refractivity contribution in [3.8, 4) is 0 Å². The van der Waals surface area contributed by atoms with Crippen molar-refractivity contribution in [3.63, 3.8) is 0 Å². The molecule has 7 heteroatoms. The Hall–Kier alpha value is -1.44. The monoisotopic (exact) mass is 311 g/mol. The topological polar surface area (TPSA) is 78.5 Å². The number of hydrogen-bond acceptors (Lipinski definition) is 4. The van der Waals surface area contributed by atoms with Crippen LogP contribution < -0.4 is 10.0 Å². The van der Waals surface area contributed by atoms with E-state index >= 15 is 0 Å². The van der Waals surface area contributed by atoms with Crippen molar-refractivity contribution >= 4 is 15.9 Å². The van der Waals surface area contributed by atoms with Gasteiger partial charge in [0.15, 0.2) is 0 Å². The molecular formula is C14H21N3O3S. The number of amides is 1. The zero-order valence-corrected chi connectivity index (χ0v) is 13.1. The molecule has 1 amide bonds. The largest absolute Gasteiger partial charge is 0.345 e. The number of sulfonamides is 1. The fourth-order valence-electron chi connectivity index (χ4n) is 2.27. The first-order valence-electron chi connectivity index (χ1n) is 6.95. The second-order valence-corrected chi connectivity index (χ2v) is 7.10. The van der Waals surface area contributed by atoms with Crippen LogP contribution in [0.2, 0.25) is 0 Å². The molecule has 116 valence electrons. The third-order valence-corrected chi connectivity index (χ3v) is 4.97. The zero-order valence-electron chi connectivity index (χ0n) is 12.3. The van der Waals surface area contributed by atoms with E-state index in [9.17, 15) is 13.2 Å². The molecule has 21 heavy (non-hydrogen) atoms. The molecule has 1 heterocycles. The first-order valence-corrected chi connectivity index (χ1v) is 8.43. The molecule has 0 aliphatic carbocycles. The maximum absolute atomic E-state index is 12.3. The quantitative estimate of drug-likeness (QED) is 0.845. The molecule has 1 aromatic rings. The number of nitrogens with zero attached hydrogens (tertiary/aromatic N) is 1. The maximum atomic E-state index is 12.3. The lowest BCUT2D eigenvalue weighted by Gasteiger charge is -2.23. The highest BCUT2D eigenvalue weighted by Crippen LogP contribution is 2.13. The minimum Gasteiger partial charge on any atom is -0.345 e. The Balaban J connectivity index is 2.11. The van der Waals surface area contributed by atoms with Crippen LogP contribution in [0.25, 0.3) is 0 Å². The summed E-state index contributed by atoms with van der Waals surface area (Å²) in [4.78, 5) is 13.4. The van der Waals surface area contributed by atoms with Crippen molar-refractivity contribution < 1.29 is 13.2 Å². The third kappa shape index (κ3) is 4.03. The van der Waals surface area contributed by atoms with Crippen molar-refractivity contribution in [1.82, 2.24) is 14.9 Å². The van der Waals surface area contributed by atoms with Crippen LogP contribution in [-0.2, 0) is 10.0 Å². The smallest absolute Gasteiger partial charge is 0.253 e. The number of carbonyl (C=O) groups excluding carboxylic acids is 1. The van der Waals surface area contributed by atoms with Crippen molar-refractivity contribution in [2.24, 2.45) is 0 Å². The summed E-state index contributed by atoms with van der Waals surface area (Å²) in [6.07, 6.45) is 1.80. The zero-order chi connectivity index (χ0) is 15.5. The van der Waals surface area contributed by atoms with E-state index in [0.717, 1.165) is 19.4 Å². The maximum Gasteiger partial charge on any atom is 0.253 e. The van der Waals surface area contributed by atoms with Gasteiger partial charge in [0.05, 0.1) is 4.90 Å². The highest BCUT2D eigenvalue weighted by molar-refractivity contribution is 7.89. The van der Waals surface area contributed by atoms with Gasteiger partial charge in [-0.1, -0.05) is 0 Å². The average molecular weight is 311 g/mol. The van der Waals surface area contributed by atoms with E-state index in [0.29, 0.717) is 12.1 Å². The summed E-state index contributed by atoms with van der Waals surface area (Å²) in [5, 5.41) is 3.17. The van der Waals surface area contributed by atoms with E-state index in [2.05, 4.69) is 10.0 Å². The molecule has 1 aromatic carbocycles. The summed E-state index contributed by atoms with van der Waals surface area (Å²) in [5.74, 6) is -0.150. The molecule has 1 unspecified atom stereocenters. The molecule has 2 N–H and O–H groups in total. The summed E-state index contributed by atoms with van der Waals surface area (Å²) < 4.78 is 27.3. The standard InChI is InChI=1S/C14H21N3O3S/c1-17(2)14(18)11-5-7-13(8-6-11)21(19,20)16-12-4-3-9-15-10-12/h5-8,12,15-16H,3-4,9-10H2,1-2H3. The fraction of sp³-hybridized carbons (Fsp3) is 0.500. The highest BCUT2D eigenvalue weighted by Gasteiger charge is 2.22. The Bertz CT molecular complexity index is 590. The molecule has 6 nitrogen and oxygen atoms in total. The molecule has 0 saturated carbocycles. The van der Waals surface area contributed by atoms with Crippen LogP contribution >= 0.6 is 0 Å². The van der Waals surface area contributed by atoms with Gasteiger partial charge in [0.25, 0.3) is 5.91 Å². The Morgan fingerprint density at radius 1 is 1.29 bits per heavy atom. The molecule has 0 radical (unpaired) electrons. The van der Waals surface area contributed by atoms with Gasteiger partial charge in [-0.15, -0.1) is 0 Å². The lowest BCUT2D eigenvalue weighted by atomic mass is 10.1. The normalized spacial score (nSPS) is 19.2. The third-order valence-electron chi connectivity index (χ3n) is 3.44. The minimum atomic E-state index is -3.54. The number of rotatable bonds is 4. The van der Waals surface area contributed by atoms with E-state index in [-0.39, 0.29) is 16.8 Å². The van der Waals surface area contributed by atoms with Gasteiger partial charge in [0.1, 0.15) is 0 Å². The molecule has 0 bridgehead atoms. The van der Waals surface area contributed by atoms with Crippen LogP contribution in [0, 0.1) is 0 Å². The van der Waals surface area contributed by atoms with Crippen LogP contribution in [0.4, 0.5) is 0 Å². The predicted octanol–water partition coefficient (Wildman–Crippen LogP) is 0.419. The van der Waals surface area contributed by atoms with Crippen molar-refractivity contribution in [2.75, 3.05) is 27.2 Å². The molecule has 1 saturated heterocycles. The Labute approximate surface area is 125 Å². The summed E-state index contributed by atoms with van der Waals surface area (Å²) >= 11 is 0. The van der Waals surface area contributed by atoms with E-state index in [1.165, 1.54) is 29.2 Å². The molecule has 1 atom stereocenters. The summed E-state index contributed by atoms with van der Waals surface area (Å²) in [6, 6.07) is 5.93. The van der Waals surface area contributed by atoms with Gasteiger partial charge in [0, 0.05) is 32.2 Å². The Morgan fingerprint density at radius 2 is 1.95 bits per heavy atom. The number of carbonyl (C=O) groups is 1. The molecule has 0 spiro atoms. The second kappa shape index (κ2) is 6.55. The summed E-state index contributed by atoms with van der Waals surface area (Å²) in [6.45, 7) is 1.58. The van der Waals surface area contributed by atoms with Gasteiger partial charge >= 0.3 is 0 Å². The lowest BCUT2D eigenvalue weighted by molar-refractivity contribution is 0.0827. The van der Waals surface area contributed by atoms with Gasteiger partial charge < -0.3 is 10.2 Å². The van der Waals surface area contributed by atoms with Gasteiger partial charge in [0.2, 0.25) is 10.0 Å². The van der Waals surface area contributed by atoms with Crippen molar-refractivity contribution in [1.29, 1.82) is 0 Å². The van der Waals surface area contributed by atoms with Gasteiger partial charge in [-0.2, -0.15) is 0 Å². The second-order valence-electron chi connectivity index (χ2n) is 5.39. The van der Waals surface area contributed by atoms with Crippen LogP contribution in [-0.4, -0.2) is 52.5 Å². The minimum absolute atomic E-state index is 0.0770. The molecule has 1 fully saturated rings. The van der Waals surface area contributed by atoms with Crippen molar-refractivity contribution in [2.45, 2.75) is 23.8 Å². The molecule has 1 aliphatic rings. The predicted molar refractivity (Wildman–Crippen MR) is 80.7 cm³/mol. The lowest BCUT2D eigenvalue weighted by Crippen LogP contribution is -2.45. The van der Waals surface area contributed by atoms with Gasteiger partial charge in [-0.3, -0.25) is 4.79 Å². The molecular weight excluding hydrogens is 290 g/mol. The number of benzene rings is 1. The van der Waals surface area contributed by atoms with Gasteiger partial charge in [-0.05, 0) is 43.7 Å². The summed E-state index contributed by atoms with van der Waals surface area (Å²) in [5.41, 5.74) is 0.471. The van der Waals surface area contributed by atoms with Crippen LogP contribution in [0.5, 0.6) is 0 Å². The SMILES string of the molecule is CN(C)C(=O)c1ccc(S(=O)(=O)NC2CCCNC2)cc1.